The highest BCUT2D eigenvalue weighted by atomic mass is 32.1. The highest BCUT2D eigenvalue weighted by Crippen LogP contribution is 2.25. The second-order valence-corrected chi connectivity index (χ2v) is 6.50. The molecule has 0 radical (unpaired) electrons. The number of hydrogen-bond donors (Lipinski definition) is 2. The lowest BCUT2D eigenvalue weighted by atomic mass is 10.3. The largest absolute Gasteiger partial charge is 0.351 e. The van der Waals surface area contributed by atoms with Gasteiger partial charge in [-0.05, 0) is 23.6 Å². The van der Waals surface area contributed by atoms with E-state index < -0.39 is 0 Å². The number of nitrogens with zero attached hydrogens (tertiary/aromatic N) is 1. The molecule has 5 nitrogen and oxygen atoms in total. The monoisotopic (exact) mass is 331 g/mol. The lowest BCUT2D eigenvalue weighted by molar-refractivity contribution is -0.116. The topological polar surface area (TPSA) is 71.1 Å². The first-order valence-electron chi connectivity index (χ1n) is 6.69. The first-order valence-corrected chi connectivity index (χ1v) is 8.39. The lowest BCUT2D eigenvalue weighted by Crippen LogP contribution is -2.27. The number of para-hydroxylation sites is 1. The minimum atomic E-state index is -0.162. The smallest absolute Gasteiger partial charge is 0.261 e. The van der Waals surface area contributed by atoms with Gasteiger partial charge < -0.3 is 10.6 Å². The van der Waals surface area contributed by atoms with Gasteiger partial charge in [0.15, 0.2) is 5.13 Å². The second-order valence-electron chi connectivity index (χ2n) is 4.52. The van der Waals surface area contributed by atoms with Crippen molar-refractivity contribution in [1.29, 1.82) is 0 Å². The molecule has 2 aromatic heterocycles. The van der Waals surface area contributed by atoms with Gasteiger partial charge in [-0.1, -0.05) is 29.5 Å². The summed E-state index contributed by atoms with van der Waals surface area (Å²) >= 11 is 2.81. The van der Waals surface area contributed by atoms with E-state index in [4.69, 9.17) is 0 Å². The van der Waals surface area contributed by atoms with Gasteiger partial charge in [-0.15, -0.1) is 11.3 Å². The highest BCUT2D eigenvalue weighted by Gasteiger charge is 2.09. The third kappa shape index (κ3) is 3.49. The summed E-state index contributed by atoms with van der Waals surface area (Å²) in [5.41, 5.74) is 0.869. The number of carbonyl (C=O) groups is 2. The van der Waals surface area contributed by atoms with Crippen LogP contribution in [0.25, 0.3) is 10.2 Å². The number of rotatable bonds is 5. The van der Waals surface area contributed by atoms with Crippen LogP contribution in [0.3, 0.4) is 0 Å². The van der Waals surface area contributed by atoms with E-state index in [0.717, 1.165) is 10.2 Å². The van der Waals surface area contributed by atoms with Crippen LogP contribution in [0.2, 0.25) is 0 Å². The molecule has 0 atom stereocenters. The number of amides is 2. The standard InChI is InChI=1S/C15H13N3O2S2/c19-13(7-8-16-14(20)12-6-3-9-21-12)18-15-17-10-4-1-2-5-11(10)22-15/h1-6,9H,7-8H2,(H,16,20)(H,17,18,19). The van der Waals surface area contributed by atoms with E-state index in [0.29, 0.717) is 16.6 Å². The molecular weight excluding hydrogens is 318 g/mol. The Morgan fingerprint density at radius 1 is 1.14 bits per heavy atom. The highest BCUT2D eigenvalue weighted by molar-refractivity contribution is 7.22. The summed E-state index contributed by atoms with van der Waals surface area (Å²) in [6.45, 7) is 0.299. The Hall–Kier alpha value is -2.25. The van der Waals surface area contributed by atoms with Crippen LogP contribution in [-0.2, 0) is 4.79 Å². The molecule has 2 heterocycles. The molecule has 112 valence electrons. The van der Waals surface area contributed by atoms with Crippen molar-refractivity contribution in [3.8, 4) is 0 Å². The van der Waals surface area contributed by atoms with E-state index in [9.17, 15) is 9.59 Å². The summed E-state index contributed by atoms with van der Waals surface area (Å²) in [5.74, 6) is -0.312. The summed E-state index contributed by atoms with van der Waals surface area (Å²) in [6.07, 6.45) is 0.215. The van der Waals surface area contributed by atoms with Crippen LogP contribution in [0.5, 0.6) is 0 Å². The Morgan fingerprint density at radius 3 is 2.77 bits per heavy atom. The molecule has 3 aromatic rings. The summed E-state index contributed by atoms with van der Waals surface area (Å²) in [7, 11) is 0. The van der Waals surface area contributed by atoms with Crippen molar-refractivity contribution >= 4 is 49.8 Å². The van der Waals surface area contributed by atoms with Crippen LogP contribution in [0.15, 0.2) is 41.8 Å². The minimum absolute atomic E-state index is 0.150. The predicted molar refractivity (Wildman–Crippen MR) is 89.5 cm³/mol. The van der Waals surface area contributed by atoms with Crippen molar-refractivity contribution in [3.05, 3.63) is 46.7 Å². The van der Waals surface area contributed by atoms with Gasteiger partial charge in [-0.25, -0.2) is 4.98 Å². The fraction of sp³-hybridized carbons (Fsp3) is 0.133. The maximum Gasteiger partial charge on any atom is 0.261 e. The summed E-state index contributed by atoms with van der Waals surface area (Å²) < 4.78 is 1.03. The number of carbonyl (C=O) groups excluding carboxylic acids is 2. The molecule has 0 aliphatic rings. The van der Waals surface area contributed by atoms with Gasteiger partial charge in [-0.2, -0.15) is 0 Å². The number of thiazole rings is 1. The normalized spacial score (nSPS) is 10.5. The Bertz CT molecular complexity index is 763. The number of anilines is 1. The number of hydrogen-bond acceptors (Lipinski definition) is 5. The van der Waals surface area contributed by atoms with E-state index in [1.807, 2.05) is 35.7 Å². The van der Waals surface area contributed by atoms with Crippen LogP contribution in [0.1, 0.15) is 16.1 Å². The molecule has 0 fully saturated rings. The first kappa shape index (κ1) is 14.7. The molecule has 0 saturated heterocycles. The fourth-order valence-electron chi connectivity index (χ4n) is 1.89. The number of fused-ring (bicyclic) bond motifs is 1. The zero-order valence-electron chi connectivity index (χ0n) is 11.5. The molecule has 0 saturated carbocycles. The first-order chi connectivity index (χ1) is 10.7. The molecule has 0 unspecified atom stereocenters. The number of benzene rings is 1. The molecule has 7 heteroatoms. The van der Waals surface area contributed by atoms with Gasteiger partial charge >= 0.3 is 0 Å². The minimum Gasteiger partial charge on any atom is -0.351 e. The van der Waals surface area contributed by atoms with Crippen molar-refractivity contribution in [2.75, 3.05) is 11.9 Å². The van der Waals surface area contributed by atoms with Crippen LogP contribution in [-0.4, -0.2) is 23.3 Å². The third-order valence-electron chi connectivity index (χ3n) is 2.92. The molecule has 0 bridgehead atoms. The van der Waals surface area contributed by atoms with Crippen LogP contribution in [0.4, 0.5) is 5.13 Å². The van der Waals surface area contributed by atoms with Crippen molar-refractivity contribution in [3.63, 3.8) is 0 Å². The molecule has 1 aromatic carbocycles. The van der Waals surface area contributed by atoms with E-state index in [-0.39, 0.29) is 18.2 Å². The van der Waals surface area contributed by atoms with Crippen molar-refractivity contribution < 1.29 is 9.59 Å². The van der Waals surface area contributed by atoms with E-state index in [2.05, 4.69) is 15.6 Å². The van der Waals surface area contributed by atoms with E-state index >= 15 is 0 Å². The molecule has 3 rings (SSSR count). The van der Waals surface area contributed by atoms with Gasteiger partial charge in [0.25, 0.3) is 5.91 Å². The zero-order valence-corrected chi connectivity index (χ0v) is 13.2. The molecule has 0 aliphatic carbocycles. The second kappa shape index (κ2) is 6.67. The SMILES string of the molecule is O=C(CCNC(=O)c1cccs1)Nc1nc2ccccc2s1. The van der Waals surface area contributed by atoms with Gasteiger partial charge in [-0.3, -0.25) is 9.59 Å². The van der Waals surface area contributed by atoms with Crippen LogP contribution < -0.4 is 10.6 Å². The average Bonchev–Trinajstić information content (AvgIpc) is 3.15. The lowest BCUT2D eigenvalue weighted by Gasteiger charge is -2.03. The van der Waals surface area contributed by atoms with Gasteiger partial charge in [0.2, 0.25) is 5.91 Å². The van der Waals surface area contributed by atoms with Crippen LogP contribution in [0, 0.1) is 0 Å². The molecule has 0 spiro atoms. The molecule has 2 N–H and O–H groups in total. The van der Waals surface area contributed by atoms with Crippen LogP contribution >= 0.6 is 22.7 Å². The molecule has 22 heavy (non-hydrogen) atoms. The van der Waals surface area contributed by atoms with Gasteiger partial charge in [0.05, 0.1) is 15.1 Å². The predicted octanol–water partition coefficient (Wildman–Crippen LogP) is 3.12. The van der Waals surface area contributed by atoms with E-state index in [1.54, 1.807) is 6.07 Å². The van der Waals surface area contributed by atoms with Crippen molar-refractivity contribution in [1.82, 2.24) is 10.3 Å². The Kier molecular flexibility index (Phi) is 4.45. The maximum atomic E-state index is 11.9. The Balaban J connectivity index is 1.49. The summed E-state index contributed by atoms with van der Waals surface area (Å²) in [5, 5.41) is 7.90. The number of nitrogens with one attached hydrogen (secondary N) is 2. The summed E-state index contributed by atoms with van der Waals surface area (Å²) in [6, 6.07) is 11.3. The van der Waals surface area contributed by atoms with E-state index in [1.165, 1.54) is 22.7 Å². The average molecular weight is 331 g/mol. The fourth-order valence-corrected chi connectivity index (χ4v) is 3.41. The molecular formula is C15H13N3O2S2. The van der Waals surface area contributed by atoms with Gasteiger partial charge in [0, 0.05) is 13.0 Å². The number of aromatic nitrogens is 1. The summed E-state index contributed by atoms with van der Waals surface area (Å²) in [4.78, 5) is 28.6. The quantitative estimate of drug-likeness (QED) is 0.754. The van der Waals surface area contributed by atoms with Crippen molar-refractivity contribution in [2.45, 2.75) is 6.42 Å². The number of thiophene rings is 1. The Labute approximate surface area is 135 Å². The van der Waals surface area contributed by atoms with Crippen molar-refractivity contribution in [2.24, 2.45) is 0 Å². The zero-order chi connectivity index (χ0) is 15.4. The third-order valence-corrected chi connectivity index (χ3v) is 4.74. The Morgan fingerprint density at radius 2 is 2.00 bits per heavy atom. The molecule has 2 amide bonds. The van der Waals surface area contributed by atoms with Gasteiger partial charge in [0.1, 0.15) is 0 Å². The maximum absolute atomic E-state index is 11.9. The molecule has 0 aliphatic heterocycles.